The van der Waals surface area contributed by atoms with E-state index in [2.05, 4.69) is 10.5 Å². The number of amides is 1. The minimum absolute atomic E-state index is 0.232. The van der Waals surface area contributed by atoms with Crippen molar-refractivity contribution in [1.29, 1.82) is 0 Å². The van der Waals surface area contributed by atoms with Crippen LogP contribution >= 0.6 is 0 Å². The molecule has 0 atom stereocenters. The summed E-state index contributed by atoms with van der Waals surface area (Å²) in [7, 11) is 0. The molecule has 104 valence electrons. The van der Waals surface area contributed by atoms with Gasteiger partial charge in [0.1, 0.15) is 5.41 Å². The highest BCUT2D eigenvalue weighted by atomic mass is 19.4. The first kappa shape index (κ1) is 14.6. The summed E-state index contributed by atoms with van der Waals surface area (Å²) in [5.74, 6) is -0.830. The molecule has 5 nitrogen and oxygen atoms in total. The lowest BCUT2D eigenvalue weighted by atomic mass is 9.84. The molecule has 18 heavy (non-hydrogen) atoms. The predicted octanol–water partition coefficient (Wildman–Crippen LogP) is 1.36. The number of rotatable bonds is 4. The summed E-state index contributed by atoms with van der Waals surface area (Å²) < 4.78 is 35.9. The number of oxime groups is 1. The van der Waals surface area contributed by atoms with Crippen LogP contribution in [-0.4, -0.2) is 29.7 Å². The van der Waals surface area contributed by atoms with E-state index in [0.29, 0.717) is 12.8 Å². The van der Waals surface area contributed by atoms with Crippen LogP contribution in [0, 0.1) is 5.41 Å². The maximum atomic E-state index is 12.0. The fraction of sp³-hybridized carbons (Fsp3) is 0.800. The van der Waals surface area contributed by atoms with Crippen molar-refractivity contribution in [2.45, 2.75) is 38.3 Å². The van der Waals surface area contributed by atoms with Gasteiger partial charge in [0.15, 0.2) is 5.84 Å². The van der Waals surface area contributed by atoms with Gasteiger partial charge in [0.05, 0.1) is 6.42 Å². The Morgan fingerprint density at radius 3 is 2.39 bits per heavy atom. The standard InChI is InChI=1S/C10H16F3N3O2/c11-10(12,13)5-6-15-8(17)9(7(14)16-18)3-1-2-4-9/h18H,1-6H2,(H2,14,16)(H,15,17). The Morgan fingerprint density at radius 2 is 1.94 bits per heavy atom. The molecule has 4 N–H and O–H groups in total. The second kappa shape index (κ2) is 5.45. The molecule has 1 aliphatic rings. The van der Waals surface area contributed by atoms with E-state index in [0.717, 1.165) is 12.8 Å². The Morgan fingerprint density at radius 1 is 1.39 bits per heavy atom. The summed E-state index contributed by atoms with van der Waals surface area (Å²) >= 11 is 0. The molecule has 1 rings (SSSR count). The van der Waals surface area contributed by atoms with Gasteiger partial charge in [0.25, 0.3) is 0 Å². The molecular weight excluding hydrogens is 251 g/mol. The van der Waals surface area contributed by atoms with E-state index in [1.165, 1.54) is 0 Å². The first-order valence-electron chi connectivity index (χ1n) is 5.65. The lowest BCUT2D eigenvalue weighted by Crippen LogP contribution is -2.48. The van der Waals surface area contributed by atoms with E-state index in [-0.39, 0.29) is 5.84 Å². The van der Waals surface area contributed by atoms with Crippen molar-refractivity contribution in [1.82, 2.24) is 5.32 Å². The summed E-state index contributed by atoms with van der Waals surface area (Å²) in [5.41, 5.74) is 4.34. The number of halogens is 3. The molecule has 0 radical (unpaired) electrons. The average Bonchev–Trinajstić information content (AvgIpc) is 2.76. The molecule has 0 unspecified atom stereocenters. The highest BCUT2D eigenvalue weighted by Gasteiger charge is 2.45. The zero-order chi connectivity index (χ0) is 13.8. The van der Waals surface area contributed by atoms with Crippen molar-refractivity contribution in [3.63, 3.8) is 0 Å². The zero-order valence-corrected chi connectivity index (χ0v) is 9.76. The topological polar surface area (TPSA) is 87.7 Å². The molecular formula is C10H16F3N3O2. The summed E-state index contributed by atoms with van der Waals surface area (Å²) in [4.78, 5) is 11.9. The van der Waals surface area contributed by atoms with Gasteiger partial charge in [0, 0.05) is 6.54 Å². The van der Waals surface area contributed by atoms with Crippen LogP contribution in [0.4, 0.5) is 13.2 Å². The number of hydrogen-bond acceptors (Lipinski definition) is 3. The summed E-state index contributed by atoms with van der Waals surface area (Å²) in [6.45, 7) is -0.497. The molecule has 0 aromatic heterocycles. The van der Waals surface area contributed by atoms with Crippen molar-refractivity contribution in [3.05, 3.63) is 0 Å². The van der Waals surface area contributed by atoms with Gasteiger partial charge in [-0.3, -0.25) is 4.79 Å². The van der Waals surface area contributed by atoms with Crippen LogP contribution in [0.25, 0.3) is 0 Å². The van der Waals surface area contributed by atoms with E-state index in [9.17, 15) is 18.0 Å². The van der Waals surface area contributed by atoms with E-state index >= 15 is 0 Å². The molecule has 0 spiro atoms. The second-order valence-electron chi connectivity index (χ2n) is 4.40. The van der Waals surface area contributed by atoms with Gasteiger partial charge in [-0.15, -0.1) is 0 Å². The molecule has 1 aliphatic carbocycles. The molecule has 1 amide bonds. The van der Waals surface area contributed by atoms with E-state index in [1.807, 2.05) is 0 Å². The quantitative estimate of drug-likeness (QED) is 0.311. The largest absolute Gasteiger partial charge is 0.409 e. The van der Waals surface area contributed by atoms with Gasteiger partial charge in [-0.25, -0.2) is 0 Å². The van der Waals surface area contributed by atoms with Crippen molar-refractivity contribution in [3.8, 4) is 0 Å². The maximum Gasteiger partial charge on any atom is 0.390 e. The zero-order valence-electron chi connectivity index (χ0n) is 9.76. The van der Waals surface area contributed by atoms with E-state index in [1.54, 1.807) is 0 Å². The number of alkyl halides is 3. The van der Waals surface area contributed by atoms with Crippen LogP contribution in [-0.2, 0) is 4.79 Å². The summed E-state index contributed by atoms with van der Waals surface area (Å²) in [5, 5.41) is 13.7. The molecule has 0 bridgehead atoms. The highest BCUT2D eigenvalue weighted by molar-refractivity contribution is 6.07. The van der Waals surface area contributed by atoms with Crippen molar-refractivity contribution in [2.75, 3.05) is 6.54 Å². The monoisotopic (exact) mass is 267 g/mol. The third-order valence-electron chi connectivity index (χ3n) is 3.18. The maximum absolute atomic E-state index is 12.0. The lowest BCUT2D eigenvalue weighted by molar-refractivity contribution is -0.137. The van der Waals surface area contributed by atoms with Crippen LogP contribution in [0.1, 0.15) is 32.1 Å². The Balaban J connectivity index is 2.62. The molecule has 1 saturated carbocycles. The van der Waals surface area contributed by atoms with Crippen LogP contribution < -0.4 is 11.1 Å². The fourth-order valence-electron chi connectivity index (χ4n) is 2.16. The molecule has 0 aromatic carbocycles. The second-order valence-corrected chi connectivity index (χ2v) is 4.40. The summed E-state index contributed by atoms with van der Waals surface area (Å²) in [6.07, 6.45) is -3.18. The number of hydrogen-bond donors (Lipinski definition) is 3. The Bertz CT molecular complexity index is 336. The molecule has 0 aromatic rings. The average molecular weight is 267 g/mol. The van der Waals surface area contributed by atoms with Crippen LogP contribution in [0.15, 0.2) is 5.16 Å². The van der Waals surface area contributed by atoms with Crippen molar-refractivity contribution >= 4 is 11.7 Å². The molecule has 0 aliphatic heterocycles. The number of nitrogens with one attached hydrogen (secondary N) is 1. The molecule has 1 fully saturated rings. The third-order valence-corrected chi connectivity index (χ3v) is 3.18. The Kier molecular flexibility index (Phi) is 4.42. The highest BCUT2D eigenvalue weighted by Crippen LogP contribution is 2.38. The Hall–Kier alpha value is -1.47. The van der Waals surface area contributed by atoms with Crippen LogP contribution in [0.3, 0.4) is 0 Å². The van der Waals surface area contributed by atoms with Gasteiger partial charge in [-0.05, 0) is 12.8 Å². The van der Waals surface area contributed by atoms with Crippen LogP contribution in [0.2, 0.25) is 0 Å². The van der Waals surface area contributed by atoms with Gasteiger partial charge in [-0.2, -0.15) is 13.2 Å². The molecule has 0 saturated heterocycles. The minimum Gasteiger partial charge on any atom is -0.409 e. The number of carbonyl (C=O) groups excluding carboxylic acids is 1. The number of nitrogens with two attached hydrogens (primary N) is 1. The summed E-state index contributed by atoms with van der Waals surface area (Å²) in [6, 6.07) is 0. The smallest absolute Gasteiger partial charge is 0.390 e. The van der Waals surface area contributed by atoms with E-state index in [4.69, 9.17) is 10.9 Å². The van der Waals surface area contributed by atoms with Crippen molar-refractivity contribution < 1.29 is 23.2 Å². The number of nitrogens with zero attached hydrogens (tertiary/aromatic N) is 1. The van der Waals surface area contributed by atoms with Gasteiger partial charge < -0.3 is 16.3 Å². The Labute approximate surface area is 102 Å². The van der Waals surface area contributed by atoms with Gasteiger partial charge in [-0.1, -0.05) is 18.0 Å². The normalized spacial score (nSPS) is 19.8. The first-order chi connectivity index (χ1) is 8.32. The van der Waals surface area contributed by atoms with Crippen molar-refractivity contribution in [2.24, 2.45) is 16.3 Å². The third kappa shape index (κ3) is 3.27. The first-order valence-corrected chi connectivity index (χ1v) is 5.65. The predicted molar refractivity (Wildman–Crippen MR) is 58.0 cm³/mol. The number of carbonyl (C=O) groups is 1. The minimum atomic E-state index is -4.31. The molecule has 8 heteroatoms. The van der Waals surface area contributed by atoms with Gasteiger partial charge in [0.2, 0.25) is 5.91 Å². The SMILES string of the molecule is NC(=NO)C1(C(=O)NCCC(F)(F)F)CCCC1. The van der Waals surface area contributed by atoms with E-state index < -0.39 is 30.5 Å². The number of amidine groups is 1. The fourth-order valence-corrected chi connectivity index (χ4v) is 2.16. The lowest BCUT2D eigenvalue weighted by Gasteiger charge is -2.26. The van der Waals surface area contributed by atoms with Gasteiger partial charge >= 0.3 is 6.18 Å². The van der Waals surface area contributed by atoms with Crippen LogP contribution in [0.5, 0.6) is 0 Å². The molecule has 0 heterocycles.